The zero-order valence-electron chi connectivity index (χ0n) is 18.4. The van der Waals surface area contributed by atoms with Crippen LogP contribution in [0.3, 0.4) is 0 Å². The molecule has 2 heterocycles. The number of nitrogens with two attached hydrogens (primary N) is 1. The van der Waals surface area contributed by atoms with E-state index in [0.29, 0.717) is 24.0 Å². The van der Waals surface area contributed by atoms with Gasteiger partial charge in [-0.15, -0.1) is 0 Å². The Morgan fingerprint density at radius 2 is 1.90 bits per heavy atom. The normalized spacial score (nSPS) is 16.0. The summed E-state index contributed by atoms with van der Waals surface area (Å²) in [5, 5.41) is 5.98. The molecule has 3 N–H and O–H groups in total. The maximum absolute atomic E-state index is 11.3. The summed E-state index contributed by atoms with van der Waals surface area (Å²) in [7, 11) is -0.554. The number of nitrogens with one attached hydrogen (secondary N) is 1. The highest BCUT2D eigenvalue weighted by Gasteiger charge is 2.34. The Kier molecular flexibility index (Phi) is 7.20. The van der Waals surface area contributed by atoms with E-state index in [2.05, 4.69) is 33.4 Å². The molecule has 1 aliphatic rings. The Morgan fingerprint density at radius 3 is 2.52 bits per heavy atom. The van der Waals surface area contributed by atoms with E-state index < -0.39 is 10.2 Å². The summed E-state index contributed by atoms with van der Waals surface area (Å²) in [6.45, 7) is 6.16. The van der Waals surface area contributed by atoms with Crippen molar-refractivity contribution in [1.82, 2.24) is 14.7 Å². The molecule has 0 radical (unpaired) electrons. The predicted octanol–water partition coefficient (Wildman–Crippen LogP) is 1.66. The molecule has 2 aromatic rings. The summed E-state index contributed by atoms with van der Waals surface area (Å²) >= 11 is 0. The molecule has 1 aromatic heterocycles. The first-order chi connectivity index (χ1) is 14.6. The van der Waals surface area contributed by atoms with E-state index in [9.17, 15) is 8.42 Å². The Balaban J connectivity index is 1.79. The van der Waals surface area contributed by atoms with E-state index in [-0.39, 0.29) is 12.2 Å². The molecule has 0 saturated carbocycles. The molecule has 0 spiro atoms. The van der Waals surface area contributed by atoms with Crippen molar-refractivity contribution in [3.05, 3.63) is 18.5 Å². The SMILES string of the molecule is COCOc1cc2c(N3CCC(C(C)(C)CNS(N)(=O)=O)CC3)ncnc2cc1OC. The fourth-order valence-corrected chi connectivity index (χ4v) is 4.57. The number of piperidine rings is 1. The monoisotopic (exact) mass is 453 g/mol. The summed E-state index contributed by atoms with van der Waals surface area (Å²) in [6.07, 6.45) is 3.38. The Morgan fingerprint density at radius 1 is 1.19 bits per heavy atom. The third kappa shape index (κ3) is 5.73. The summed E-state index contributed by atoms with van der Waals surface area (Å²) in [5.41, 5.74) is 0.562. The lowest BCUT2D eigenvalue weighted by Crippen LogP contribution is -2.45. The minimum absolute atomic E-state index is 0.109. The zero-order chi connectivity index (χ0) is 22.6. The Labute approximate surface area is 183 Å². The molecule has 1 aliphatic heterocycles. The number of hydrogen-bond donors (Lipinski definition) is 2. The van der Waals surface area contributed by atoms with Crippen molar-refractivity contribution in [2.45, 2.75) is 26.7 Å². The quantitative estimate of drug-likeness (QED) is 0.549. The van der Waals surface area contributed by atoms with Crippen LogP contribution in [0.2, 0.25) is 0 Å². The van der Waals surface area contributed by atoms with Crippen LogP contribution in [-0.2, 0) is 14.9 Å². The molecule has 1 fully saturated rings. The van der Waals surface area contributed by atoms with Crippen LogP contribution in [0.25, 0.3) is 10.9 Å². The molecule has 10 nitrogen and oxygen atoms in total. The molecule has 0 atom stereocenters. The molecule has 31 heavy (non-hydrogen) atoms. The highest BCUT2D eigenvalue weighted by atomic mass is 32.2. The first kappa shape index (κ1) is 23.5. The maximum Gasteiger partial charge on any atom is 0.274 e. The van der Waals surface area contributed by atoms with Gasteiger partial charge >= 0.3 is 0 Å². The molecule has 172 valence electrons. The number of nitrogens with zero attached hydrogens (tertiary/aromatic N) is 3. The van der Waals surface area contributed by atoms with Crippen LogP contribution in [0.1, 0.15) is 26.7 Å². The van der Waals surface area contributed by atoms with Gasteiger partial charge in [-0.05, 0) is 30.2 Å². The van der Waals surface area contributed by atoms with Crippen molar-refractivity contribution in [1.29, 1.82) is 0 Å². The number of aromatic nitrogens is 2. The highest BCUT2D eigenvalue weighted by molar-refractivity contribution is 7.87. The van der Waals surface area contributed by atoms with Crippen LogP contribution in [0.4, 0.5) is 5.82 Å². The Bertz CT molecular complexity index is 1010. The second-order valence-electron chi connectivity index (χ2n) is 8.38. The van der Waals surface area contributed by atoms with E-state index in [1.165, 1.54) is 0 Å². The minimum atomic E-state index is -3.70. The number of ether oxygens (including phenoxy) is 3. The van der Waals surface area contributed by atoms with Gasteiger partial charge in [0.2, 0.25) is 0 Å². The summed E-state index contributed by atoms with van der Waals surface area (Å²) < 4.78 is 41.1. The van der Waals surface area contributed by atoms with E-state index in [4.69, 9.17) is 19.3 Å². The average Bonchev–Trinajstić information content (AvgIpc) is 2.75. The van der Waals surface area contributed by atoms with Crippen LogP contribution in [0.5, 0.6) is 11.5 Å². The van der Waals surface area contributed by atoms with Gasteiger partial charge in [-0.3, -0.25) is 0 Å². The number of anilines is 1. The summed E-state index contributed by atoms with van der Waals surface area (Å²) in [5.74, 6) is 2.34. The predicted molar refractivity (Wildman–Crippen MR) is 118 cm³/mol. The van der Waals surface area contributed by atoms with Gasteiger partial charge in [0.25, 0.3) is 10.2 Å². The van der Waals surface area contributed by atoms with Crippen LogP contribution in [0, 0.1) is 11.3 Å². The van der Waals surface area contributed by atoms with E-state index in [1.807, 2.05) is 12.1 Å². The van der Waals surface area contributed by atoms with Crippen LogP contribution >= 0.6 is 0 Å². The molecule has 0 unspecified atom stereocenters. The van der Waals surface area contributed by atoms with E-state index in [0.717, 1.165) is 42.7 Å². The van der Waals surface area contributed by atoms with Crippen molar-refractivity contribution in [3.63, 3.8) is 0 Å². The van der Waals surface area contributed by atoms with Crippen molar-refractivity contribution < 1.29 is 22.6 Å². The van der Waals surface area contributed by atoms with Gasteiger partial charge in [0.05, 0.1) is 12.6 Å². The van der Waals surface area contributed by atoms with Crippen molar-refractivity contribution in [2.75, 3.05) is 45.5 Å². The third-order valence-electron chi connectivity index (χ3n) is 5.86. The molecule has 0 amide bonds. The number of hydrogen-bond acceptors (Lipinski definition) is 8. The third-order valence-corrected chi connectivity index (χ3v) is 6.41. The lowest BCUT2D eigenvalue weighted by atomic mass is 9.74. The molecule has 1 saturated heterocycles. The number of fused-ring (bicyclic) bond motifs is 1. The molecule has 0 bridgehead atoms. The molecular formula is C20H31N5O5S. The Hall–Kier alpha value is -2.21. The number of rotatable bonds is 9. The fourth-order valence-electron chi connectivity index (χ4n) is 4.00. The fraction of sp³-hybridized carbons (Fsp3) is 0.600. The largest absolute Gasteiger partial charge is 0.493 e. The van der Waals surface area contributed by atoms with Gasteiger partial charge < -0.3 is 19.1 Å². The van der Waals surface area contributed by atoms with Crippen LogP contribution < -0.4 is 24.2 Å². The molecular weight excluding hydrogens is 422 g/mol. The van der Waals surface area contributed by atoms with Gasteiger partial charge in [-0.1, -0.05) is 13.8 Å². The van der Waals surface area contributed by atoms with Gasteiger partial charge in [0, 0.05) is 38.2 Å². The molecule has 3 rings (SSSR count). The van der Waals surface area contributed by atoms with E-state index >= 15 is 0 Å². The van der Waals surface area contributed by atoms with Crippen LogP contribution in [0.15, 0.2) is 18.5 Å². The number of benzene rings is 1. The topological polar surface area (TPSA) is 129 Å². The lowest BCUT2D eigenvalue weighted by molar-refractivity contribution is 0.0493. The maximum atomic E-state index is 11.3. The second-order valence-corrected chi connectivity index (χ2v) is 9.76. The summed E-state index contributed by atoms with van der Waals surface area (Å²) in [6, 6.07) is 3.72. The lowest BCUT2D eigenvalue weighted by Gasteiger charge is -2.41. The van der Waals surface area contributed by atoms with Gasteiger partial charge in [-0.25, -0.2) is 19.8 Å². The highest BCUT2D eigenvalue weighted by Crippen LogP contribution is 2.39. The standard InChI is InChI=1S/C20H31N5O5S/c1-20(2,11-24-31(21,26)27)14-5-7-25(8-6-14)19-15-9-18(30-13-28-3)17(29-4)10-16(15)22-12-23-19/h9-10,12,14,24H,5-8,11,13H2,1-4H3,(H2,21,26,27). The van der Waals surface area contributed by atoms with Crippen molar-refractivity contribution >= 4 is 26.9 Å². The first-order valence-corrected chi connectivity index (χ1v) is 11.7. The molecule has 1 aromatic carbocycles. The van der Waals surface area contributed by atoms with E-state index in [1.54, 1.807) is 20.5 Å². The smallest absolute Gasteiger partial charge is 0.274 e. The van der Waals surface area contributed by atoms with Crippen molar-refractivity contribution in [3.8, 4) is 11.5 Å². The molecule has 0 aliphatic carbocycles. The number of methoxy groups -OCH3 is 2. The van der Waals surface area contributed by atoms with Crippen molar-refractivity contribution in [2.24, 2.45) is 16.5 Å². The average molecular weight is 454 g/mol. The van der Waals surface area contributed by atoms with Gasteiger partial charge in [0.15, 0.2) is 18.3 Å². The zero-order valence-corrected chi connectivity index (χ0v) is 19.2. The first-order valence-electron chi connectivity index (χ1n) is 10.1. The summed E-state index contributed by atoms with van der Waals surface area (Å²) in [4.78, 5) is 11.2. The van der Waals surface area contributed by atoms with Crippen LogP contribution in [-0.4, -0.2) is 59.0 Å². The van der Waals surface area contributed by atoms with Gasteiger partial charge in [0.1, 0.15) is 12.1 Å². The second kappa shape index (κ2) is 9.51. The molecule has 11 heteroatoms. The minimum Gasteiger partial charge on any atom is -0.493 e. The van der Waals surface area contributed by atoms with Gasteiger partial charge in [-0.2, -0.15) is 8.42 Å².